The van der Waals surface area contributed by atoms with Crippen LogP contribution in [0.3, 0.4) is 0 Å². The highest BCUT2D eigenvalue weighted by Crippen LogP contribution is 2.26. The number of unbranched alkanes of at least 4 members (excludes halogenated alkanes) is 1. The van der Waals surface area contributed by atoms with Gasteiger partial charge < -0.3 is 14.8 Å². The van der Waals surface area contributed by atoms with Gasteiger partial charge in [0.2, 0.25) is 5.91 Å². The molecule has 148 valence electrons. The van der Waals surface area contributed by atoms with E-state index in [0.717, 1.165) is 35.4 Å². The highest BCUT2D eigenvalue weighted by molar-refractivity contribution is 8.00. The van der Waals surface area contributed by atoms with Crippen LogP contribution in [0.15, 0.2) is 40.0 Å². The van der Waals surface area contributed by atoms with Gasteiger partial charge in [-0.1, -0.05) is 38.5 Å². The van der Waals surface area contributed by atoms with Gasteiger partial charge in [-0.2, -0.15) is 0 Å². The van der Waals surface area contributed by atoms with Gasteiger partial charge in [0, 0.05) is 36.0 Å². The maximum Gasteiger partial charge on any atom is 0.252 e. The number of aryl methyl sites for hydroxylation is 1. The Kier molecular flexibility index (Phi) is 8.88. The van der Waals surface area contributed by atoms with Crippen LogP contribution >= 0.6 is 11.8 Å². The summed E-state index contributed by atoms with van der Waals surface area (Å²) in [7, 11) is 0. The highest BCUT2D eigenvalue weighted by atomic mass is 32.2. The Labute approximate surface area is 166 Å². The molecule has 5 nitrogen and oxygen atoms in total. The van der Waals surface area contributed by atoms with Crippen molar-refractivity contribution < 1.29 is 4.79 Å². The topological polar surface area (TPSA) is 54.3 Å². The van der Waals surface area contributed by atoms with E-state index in [1.54, 1.807) is 10.6 Å². The minimum atomic E-state index is -0.0198. The molecule has 6 heteroatoms. The number of benzene rings is 1. The molecule has 1 aromatic carbocycles. The van der Waals surface area contributed by atoms with Crippen molar-refractivity contribution in [3.8, 4) is 0 Å². The number of thioether (sulfide) groups is 1. The van der Waals surface area contributed by atoms with Gasteiger partial charge in [-0.25, -0.2) is 0 Å². The van der Waals surface area contributed by atoms with Crippen LogP contribution in [0.1, 0.15) is 33.6 Å². The number of aromatic nitrogens is 1. The third-order valence-electron chi connectivity index (χ3n) is 4.68. The first-order chi connectivity index (χ1) is 13.1. The summed E-state index contributed by atoms with van der Waals surface area (Å²) in [6, 6.07) is 9.51. The molecule has 0 atom stereocenters. The minimum absolute atomic E-state index is 0.00953. The average molecular weight is 390 g/mol. The third kappa shape index (κ3) is 6.11. The average Bonchev–Trinajstić information content (AvgIpc) is 2.68. The normalized spacial score (nSPS) is 11.3. The zero-order valence-corrected chi connectivity index (χ0v) is 17.5. The second kappa shape index (κ2) is 11.1. The van der Waals surface area contributed by atoms with E-state index in [1.165, 1.54) is 24.6 Å². The molecular formula is C21H31N3O2S. The van der Waals surface area contributed by atoms with Gasteiger partial charge in [0.15, 0.2) is 0 Å². The van der Waals surface area contributed by atoms with Crippen molar-refractivity contribution in [2.75, 3.05) is 31.9 Å². The molecule has 0 saturated heterocycles. The van der Waals surface area contributed by atoms with Gasteiger partial charge in [-0.05, 0) is 32.5 Å². The fraction of sp³-hybridized carbons (Fsp3) is 0.524. The van der Waals surface area contributed by atoms with E-state index in [0.29, 0.717) is 18.8 Å². The standard InChI is InChI=1S/C21H31N3O2S/c1-4-7-13-23(5-2)14-12-22-20(25)16-27-19-15-21(26)24(6-3)18-11-9-8-10-17(18)19/h8-11,15H,4-7,12-14,16H2,1-3H3,(H,22,25). The molecule has 0 radical (unpaired) electrons. The van der Waals surface area contributed by atoms with Crippen molar-refractivity contribution in [1.29, 1.82) is 0 Å². The summed E-state index contributed by atoms with van der Waals surface area (Å²) < 4.78 is 1.76. The molecule has 0 unspecified atom stereocenters. The second-order valence-corrected chi connectivity index (χ2v) is 7.55. The lowest BCUT2D eigenvalue weighted by molar-refractivity contribution is -0.118. The highest BCUT2D eigenvalue weighted by Gasteiger charge is 2.10. The molecular weight excluding hydrogens is 358 g/mol. The first kappa shape index (κ1) is 21.5. The van der Waals surface area contributed by atoms with Crippen molar-refractivity contribution in [2.24, 2.45) is 0 Å². The third-order valence-corrected chi connectivity index (χ3v) is 5.74. The minimum Gasteiger partial charge on any atom is -0.354 e. The number of rotatable bonds is 11. The molecule has 1 N–H and O–H groups in total. The van der Waals surface area contributed by atoms with Crippen molar-refractivity contribution in [3.05, 3.63) is 40.7 Å². The summed E-state index contributed by atoms with van der Waals surface area (Å²) in [5.41, 5.74) is 0.901. The van der Waals surface area contributed by atoms with Crippen LogP contribution in [-0.4, -0.2) is 47.3 Å². The molecule has 1 amide bonds. The largest absolute Gasteiger partial charge is 0.354 e. The Hall–Kier alpha value is -1.79. The van der Waals surface area contributed by atoms with Crippen LogP contribution in [0.5, 0.6) is 0 Å². The predicted octanol–water partition coefficient (Wildman–Crippen LogP) is 3.35. The number of fused-ring (bicyclic) bond motifs is 1. The molecule has 0 bridgehead atoms. The molecule has 27 heavy (non-hydrogen) atoms. The van der Waals surface area contributed by atoms with Crippen molar-refractivity contribution in [1.82, 2.24) is 14.8 Å². The molecule has 2 rings (SSSR count). The number of nitrogens with zero attached hydrogens (tertiary/aromatic N) is 2. The van der Waals surface area contributed by atoms with Crippen LogP contribution in [0, 0.1) is 0 Å². The van der Waals surface area contributed by atoms with Crippen molar-refractivity contribution in [3.63, 3.8) is 0 Å². The summed E-state index contributed by atoms with van der Waals surface area (Å²) >= 11 is 1.43. The first-order valence-corrected chi connectivity index (χ1v) is 10.8. The second-order valence-electron chi connectivity index (χ2n) is 6.53. The maximum atomic E-state index is 12.3. The lowest BCUT2D eigenvalue weighted by Crippen LogP contribution is -2.36. The molecule has 1 aromatic heterocycles. The van der Waals surface area contributed by atoms with Gasteiger partial charge in [0.25, 0.3) is 5.56 Å². The molecule has 0 fully saturated rings. The van der Waals surface area contributed by atoms with Crippen LogP contribution in [0.2, 0.25) is 0 Å². The fourth-order valence-corrected chi connectivity index (χ4v) is 4.01. The predicted molar refractivity (Wildman–Crippen MR) is 115 cm³/mol. The van der Waals surface area contributed by atoms with Crippen LogP contribution in [0.25, 0.3) is 10.9 Å². The molecule has 0 aliphatic heterocycles. The van der Waals surface area contributed by atoms with E-state index in [4.69, 9.17) is 0 Å². The number of hydrogen-bond donors (Lipinski definition) is 1. The van der Waals surface area contributed by atoms with E-state index in [9.17, 15) is 9.59 Å². The van der Waals surface area contributed by atoms with Crippen molar-refractivity contribution in [2.45, 2.75) is 45.1 Å². The summed E-state index contributed by atoms with van der Waals surface area (Å²) in [6.07, 6.45) is 2.37. The van der Waals surface area contributed by atoms with Gasteiger partial charge in [-0.15, -0.1) is 11.8 Å². The van der Waals surface area contributed by atoms with Crippen molar-refractivity contribution >= 4 is 28.6 Å². The zero-order chi connectivity index (χ0) is 19.6. The SMILES string of the molecule is CCCCN(CC)CCNC(=O)CSc1cc(=O)n(CC)c2ccccc12. The lowest BCUT2D eigenvalue weighted by atomic mass is 10.2. The van der Waals surface area contributed by atoms with E-state index in [2.05, 4.69) is 24.1 Å². The lowest BCUT2D eigenvalue weighted by Gasteiger charge is -2.20. The Bertz CT molecular complexity index is 804. The number of hydrogen-bond acceptors (Lipinski definition) is 4. The Morgan fingerprint density at radius 2 is 1.96 bits per heavy atom. The summed E-state index contributed by atoms with van der Waals surface area (Å²) in [5.74, 6) is 0.330. The van der Waals surface area contributed by atoms with Crippen LogP contribution in [0.4, 0.5) is 0 Å². The number of nitrogens with one attached hydrogen (secondary N) is 1. The van der Waals surface area contributed by atoms with Gasteiger partial charge in [-0.3, -0.25) is 9.59 Å². The van der Waals surface area contributed by atoms with Crippen LogP contribution in [-0.2, 0) is 11.3 Å². The number of carbonyl (C=O) groups excluding carboxylic acids is 1. The molecule has 2 aromatic rings. The Balaban J connectivity index is 1.93. The molecule has 0 aliphatic carbocycles. The Morgan fingerprint density at radius 1 is 1.19 bits per heavy atom. The maximum absolute atomic E-state index is 12.3. The number of para-hydroxylation sites is 1. The van der Waals surface area contributed by atoms with E-state index in [-0.39, 0.29) is 11.5 Å². The van der Waals surface area contributed by atoms with E-state index < -0.39 is 0 Å². The number of carbonyl (C=O) groups is 1. The molecule has 0 spiro atoms. The molecule has 0 aliphatic rings. The smallest absolute Gasteiger partial charge is 0.252 e. The first-order valence-electron chi connectivity index (χ1n) is 9.85. The quantitative estimate of drug-likeness (QED) is 0.599. The summed E-state index contributed by atoms with van der Waals surface area (Å²) in [5, 5.41) is 4.02. The summed E-state index contributed by atoms with van der Waals surface area (Å²) in [4.78, 5) is 27.8. The van der Waals surface area contributed by atoms with E-state index >= 15 is 0 Å². The zero-order valence-electron chi connectivity index (χ0n) is 16.7. The van der Waals surface area contributed by atoms with Gasteiger partial charge in [0.1, 0.15) is 0 Å². The molecule has 1 heterocycles. The number of likely N-dealkylation sites (N-methyl/N-ethyl adjacent to an activating group) is 1. The van der Waals surface area contributed by atoms with Crippen LogP contribution < -0.4 is 10.9 Å². The monoisotopic (exact) mass is 389 g/mol. The van der Waals surface area contributed by atoms with Gasteiger partial charge in [0.05, 0.1) is 11.3 Å². The Morgan fingerprint density at radius 3 is 2.67 bits per heavy atom. The number of amides is 1. The fourth-order valence-electron chi connectivity index (χ4n) is 3.11. The summed E-state index contributed by atoms with van der Waals surface area (Å²) in [6.45, 7) is 10.6. The molecule has 0 saturated carbocycles. The number of pyridine rings is 1. The van der Waals surface area contributed by atoms with Gasteiger partial charge >= 0.3 is 0 Å². The van der Waals surface area contributed by atoms with E-state index in [1.807, 2.05) is 31.2 Å².